The molecule has 0 radical (unpaired) electrons. The molecule has 8 heteroatoms. The van der Waals surface area contributed by atoms with Crippen LogP contribution in [0.25, 0.3) is 0 Å². The predicted octanol–water partition coefficient (Wildman–Crippen LogP) is 8.04. The number of nitrogens with zero attached hydrogens (tertiary/aromatic N) is 2. The zero-order valence-corrected chi connectivity index (χ0v) is 23.2. The number of alkyl halides is 2. The molecule has 2 heterocycles. The van der Waals surface area contributed by atoms with Gasteiger partial charge in [0.1, 0.15) is 11.6 Å². The molecule has 0 saturated heterocycles. The first-order valence-electron chi connectivity index (χ1n) is 10.6. The fraction of sp³-hybridized carbons (Fsp3) is 0.148. The van der Waals surface area contributed by atoms with Crippen molar-refractivity contribution in [1.82, 2.24) is 9.97 Å². The number of halogens is 5. The summed E-state index contributed by atoms with van der Waals surface area (Å²) in [5.41, 5.74) is 3.08. The zero-order valence-electron chi connectivity index (χ0n) is 18.3. The average Bonchev–Trinajstić information content (AvgIpc) is 2.87. The van der Waals surface area contributed by atoms with Crippen molar-refractivity contribution in [3.05, 3.63) is 131 Å². The van der Waals surface area contributed by atoms with Crippen molar-refractivity contribution in [2.24, 2.45) is 0 Å². The van der Waals surface area contributed by atoms with Crippen molar-refractivity contribution in [3.63, 3.8) is 0 Å². The van der Waals surface area contributed by atoms with E-state index >= 15 is 0 Å². The Balaban J connectivity index is 0.00000342. The molecule has 0 aliphatic rings. The van der Waals surface area contributed by atoms with E-state index in [2.05, 4.69) is 41.8 Å². The second-order valence-electron chi connectivity index (χ2n) is 7.83. The van der Waals surface area contributed by atoms with Gasteiger partial charge in [0.25, 0.3) is 0 Å². The summed E-state index contributed by atoms with van der Waals surface area (Å²) in [4.78, 5) is 21.7. The highest BCUT2D eigenvalue weighted by molar-refractivity contribution is 9.09. The molecule has 35 heavy (non-hydrogen) atoms. The van der Waals surface area contributed by atoms with Crippen LogP contribution in [0.5, 0.6) is 0 Å². The summed E-state index contributed by atoms with van der Waals surface area (Å²) in [7, 11) is 0. The molecule has 4 rings (SSSR count). The fourth-order valence-electron chi connectivity index (χ4n) is 3.97. The summed E-state index contributed by atoms with van der Waals surface area (Å²) >= 11 is 7.48. The zero-order chi connectivity index (χ0) is 24.1. The molecule has 4 aromatic rings. The minimum absolute atomic E-state index is 0. The number of carbonyl (C=O) groups excluding carboxylic acids is 1. The molecule has 0 N–H and O–H groups in total. The molecule has 3 nitrogen and oxygen atoms in total. The third kappa shape index (κ3) is 6.48. The first-order chi connectivity index (χ1) is 16.5. The molecule has 2 aromatic carbocycles. The van der Waals surface area contributed by atoms with Crippen LogP contribution in [0.1, 0.15) is 43.7 Å². The maximum atomic E-state index is 14.4. The molecule has 4 atom stereocenters. The standard InChI is InChI=1S/C27H20Br2F2N2O.BrH/c28-25(19-9-13-32-14-10-19)23(17-1-5-21(30)6-2-17)27(34)24(18-3-7-22(31)8-4-18)26(29)20-11-15-33-16-12-20;/h1-16,23-26H;1H. The average molecular weight is 667 g/mol. The van der Waals surface area contributed by atoms with Crippen LogP contribution in [0.4, 0.5) is 8.78 Å². The van der Waals surface area contributed by atoms with E-state index in [1.54, 1.807) is 49.1 Å². The number of Topliss-reactive ketones (excluding diaryl/α,β-unsaturated/α-hetero) is 1. The van der Waals surface area contributed by atoms with E-state index in [1.165, 1.54) is 24.3 Å². The van der Waals surface area contributed by atoms with Crippen LogP contribution in [-0.2, 0) is 4.79 Å². The van der Waals surface area contributed by atoms with Gasteiger partial charge in [-0.05, 0) is 70.8 Å². The van der Waals surface area contributed by atoms with E-state index in [1.807, 2.05) is 24.3 Å². The molecule has 0 aliphatic carbocycles. The van der Waals surface area contributed by atoms with E-state index in [4.69, 9.17) is 0 Å². The molecule has 0 fully saturated rings. The topological polar surface area (TPSA) is 42.9 Å². The molecular formula is C27H21Br3F2N2O. The molecule has 0 amide bonds. The van der Waals surface area contributed by atoms with Gasteiger partial charge in [-0.1, -0.05) is 56.1 Å². The van der Waals surface area contributed by atoms with E-state index in [9.17, 15) is 13.6 Å². The van der Waals surface area contributed by atoms with Crippen molar-refractivity contribution in [2.75, 3.05) is 0 Å². The van der Waals surface area contributed by atoms with E-state index in [0.717, 1.165) is 11.1 Å². The van der Waals surface area contributed by atoms with Crippen LogP contribution in [0.2, 0.25) is 0 Å². The fourth-order valence-corrected chi connectivity index (χ4v) is 5.71. The monoisotopic (exact) mass is 664 g/mol. The summed E-state index contributed by atoms with van der Waals surface area (Å²) in [5, 5.41) is 0. The van der Waals surface area contributed by atoms with Gasteiger partial charge in [-0.25, -0.2) is 8.78 Å². The summed E-state index contributed by atoms with van der Waals surface area (Å²) in [6.07, 6.45) is 6.66. The van der Waals surface area contributed by atoms with Gasteiger partial charge in [0, 0.05) is 24.8 Å². The highest BCUT2D eigenvalue weighted by Crippen LogP contribution is 2.47. The Morgan fingerprint density at radius 2 is 0.886 bits per heavy atom. The second kappa shape index (κ2) is 12.6. The third-order valence-electron chi connectivity index (χ3n) is 5.71. The van der Waals surface area contributed by atoms with Gasteiger partial charge in [0.2, 0.25) is 0 Å². The Morgan fingerprint density at radius 1 is 0.571 bits per heavy atom. The Labute approximate surface area is 230 Å². The third-order valence-corrected chi connectivity index (χ3v) is 7.82. The highest BCUT2D eigenvalue weighted by Gasteiger charge is 2.38. The lowest BCUT2D eigenvalue weighted by atomic mass is 9.78. The molecule has 0 spiro atoms. The number of benzene rings is 2. The number of hydrogen-bond acceptors (Lipinski definition) is 3. The molecule has 2 aromatic heterocycles. The number of pyridine rings is 2. The van der Waals surface area contributed by atoms with Crippen LogP contribution in [0.15, 0.2) is 97.6 Å². The minimum Gasteiger partial charge on any atom is -0.298 e. The molecule has 0 bridgehead atoms. The van der Waals surface area contributed by atoms with Crippen LogP contribution in [0, 0.1) is 11.6 Å². The van der Waals surface area contributed by atoms with Gasteiger partial charge >= 0.3 is 0 Å². The van der Waals surface area contributed by atoms with Crippen LogP contribution >= 0.6 is 48.8 Å². The molecular weight excluding hydrogens is 646 g/mol. The van der Waals surface area contributed by atoms with Gasteiger partial charge < -0.3 is 0 Å². The maximum Gasteiger partial charge on any atom is 0.150 e. The quantitative estimate of drug-likeness (QED) is 0.179. The second-order valence-corrected chi connectivity index (χ2v) is 9.80. The lowest BCUT2D eigenvalue weighted by Gasteiger charge is -2.30. The Hall–Kier alpha value is -2.29. The van der Waals surface area contributed by atoms with Crippen molar-refractivity contribution in [1.29, 1.82) is 0 Å². The number of hydrogen-bond donors (Lipinski definition) is 0. The van der Waals surface area contributed by atoms with E-state index in [0.29, 0.717) is 11.1 Å². The van der Waals surface area contributed by atoms with Gasteiger partial charge in [-0.2, -0.15) is 0 Å². The lowest BCUT2D eigenvalue weighted by molar-refractivity contribution is -0.122. The van der Waals surface area contributed by atoms with E-state index in [-0.39, 0.29) is 34.4 Å². The van der Waals surface area contributed by atoms with Gasteiger partial charge in [-0.3, -0.25) is 14.8 Å². The van der Waals surface area contributed by atoms with Crippen LogP contribution < -0.4 is 0 Å². The van der Waals surface area contributed by atoms with Crippen molar-refractivity contribution >= 4 is 54.6 Å². The number of rotatable bonds is 8. The molecule has 180 valence electrons. The highest BCUT2D eigenvalue weighted by atomic mass is 79.9. The van der Waals surface area contributed by atoms with E-state index < -0.39 is 21.5 Å². The Bertz CT molecular complexity index is 1130. The number of carbonyl (C=O) groups is 1. The SMILES string of the molecule is Br.O=C(C(c1ccc(F)cc1)C(Br)c1ccncc1)C(c1ccc(F)cc1)C(Br)c1ccncc1. The van der Waals surface area contributed by atoms with Crippen LogP contribution in [0.3, 0.4) is 0 Å². The number of aromatic nitrogens is 2. The minimum atomic E-state index is -0.653. The smallest absolute Gasteiger partial charge is 0.150 e. The Kier molecular flexibility index (Phi) is 9.83. The molecule has 0 aliphatic heterocycles. The largest absolute Gasteiger partial charge is 0.298 e. The van der Waals surface area contributed by atoms with Crippen LogP contribution in [-0.4, -0.2) is 15.8 Å². The van der Waals surface area contributed by atoms with Gasteiger partial charge in [0.15, 0.2) is 5.78 Å². The predicted molar refractivity (Wildman–Crippen MR) is 145 cm³/mol. The molecule has 4 unspecified atom stereocenters. The lowest BCUT2D eigenvalue weighted by Crippen LogP contribution is -2.26. The van der Waals surface area contributed by atoms with Crippen molar-refractivity contribution < 1.29 is 13.6 Å². The Morgan fingerprint density at radius 3 is 1.20 bits per heavy atom. The normalized spacial score (nSPS) is 14.3. The van der Waals surface area contributed by atoms with Crippen molar-refractivity contribution in [2.45, 2.75) is 21.5 Å². The maximum absolute atomic E-state index is 14.4. The van der Waals surface area contributed by atoms with Gasteiger partial charge in [0.05, 0.1) is 21.5 Å². The molecule has 0 saturated carbocycles. The number of ketones is 1. The first-order valence-corrected chi connectivity index (χ1v) is 12.4. The van der Waals surface area contributed by atoms with Gasteiger partial charge in [-0.15, -0.1) is 17.0 Å². The summed E-state index contributed by atoms with van der Waals surface area (Å²) in [6, 6.07) is 19.3. The summed E-state index contributed by atoms with van der Waals surface area (Å²) < 4.78 is 27.5. The first kappa shape index (κ1) is 27.3. The summed E-state index contributed by atoms with van der Waals surface area (Å²) in [5.74, 6) is -2.17. The van der Waals surface area contributed by atoms with Crippen molar-refractivity contribution in [3.8, 4) is 0 Å². The summed E-state index contributed by atoms with van der Waals surface area (Å²) in [6.45, 7) is 0.